The highest BCUT2D eigenvalue weighted by Crippen LogP contribution is 2.21. The normalized spacial score (nSPS) is 19.5. The molecule has 1 fully saturated rings. The number of nitrogens with one attached hydrogen (secondary N) is 2. The molecule has 1 aliphatic heterocycles. The molecule has 0 aliphatic carbocycles. The second kappa shape index (κ2) is 6.61. The molecule has 1 aliphatic rings. The first-order valence-corrected chi connectivity index (χ1v) is 7.43. The number of benzene rings is 1. The maximum atomic E-state index is 12.1. The molecule has 1 aromatic carbocycles. The van der Waals surface area contributed by atoms with E-state index in [4.69, 9.17) is 0 Å². The standard InChI is InChI=1S/C16H23N3O2/c1-4-12(3)17-16(21)18-13-9-15(20)19(10-13)14-7-5-11(2)6-8-14/h5-8,12-13H,4,9-10H2,1-3H3,(H2,17,18,21)/t12-,13+/m1/s1. The number of urea groups is 1. The van der Waals surface area contributed by atoms with Crippen LogP contribution in [0, 0.1) is 6.92 Å². The fourth-order valence-electron chi connectivity index (χ4n) is 2.33. The van der Waals surface area contributed by atoms with Crippen molar-refractivity contribution >= 4 is 17.6 Å². The Hall–Kier alpha value is -2.04. The first-order chi connectivity index (χ1) is 9.99. The van der Waals surface area contributed by atoms with Gasteiger partial charge in [-0.2, -0.15) is 0 Å². The Morgan fingerprint density at radius 1 is 1.38 bits per heavy atom. The van der Waals surface area contributed by atoms with Crippen LogP contribution in [0.3, 0.4) is 0 Å². The predicted octanol–water partition coefficient (Wildman–Crippen LogP) is 2.20. The molecule has 0 spiro atoms. The van der Waals surface area contributed by atoms with Gasteiger partial charge in [0, 0.05) is 24.7 Å². The smallest absolute Gasteiger partial charge is 0.315 e. The number of hydrogen-bond acceptors (Lipinski definition) is 2. The van der Waals surface area contributed by atoms with Crippen LogP contribution in [0.4, 0.5) is 10.5 Å². The van der Waals surface area contributed by atoms with Gasteiger partial charge in [-0.1, -0.05) is 24.6 Å². The van der Waals surface area contributed by atoms with Crippen molar-refractivity contribution in [2.75, 3.05) is 11.4 Å². The molecule has 2 N–H and O–H groups in total. The molecular formula is C16H23N3O2. The predicted molar refractivity (Wildman–Crippen MR) is 83.4 cm³/mol. The first-order valence-electron chi connectivity index (χ1n) is 7.43. The van der Waals surface area contributed by atoms with Crippen molar-refractivity contribution in [1.29, 1.82) is 0 Å². The van der Waals surface area contributed by atoms with Crippen LogP contribution in [0.1, 0.15) is 32.3 Å². The van der Waals surface area contributed by atoms with Crippen molar-refractivity contribution in [1.82, 2.24) is 10.6 Å². The van der Waals surface area contributed by atoms with E-state index in [1.807, 2.05) is 45.0 Å². The first kappa shape index (κ1) is 15.4. The van der Waals surface area contributed by atoms with Crippen LogP contribution in [0.5, 0.6) is 0 Å². The maximum Gasteiger partial charge on any atom is 0.315 e. The van der Waals surface area contributed by atoms with Crippen LogP contribution in [-0.2, 0) is 4.79 Å². The lowest BCUT2D eigenvalue weighted by molar-refractivity contribution is -0.117. The van der Waals surface area contributed by atoms with Crippen LogP contribution in [0.15, 0.2) is 24.3 Å². The molecule has 0 saturated carbocycles. The molecule has 2 atom stereocenters. The van der Waals surface area contributed by atoms with E-state index in [0.29, 0.717) is 13.0 Å². The largest absolute Gasteiger partial charge is 0.336 e. The third kappa shape index (κ3) is 3.97. The van der Waals surface area contributed by atoms with Crippen molar-refractivity contribution < 1.29 is 9.59 Å². The van der Waals surface area contributed by atoms with E-state index >= 15 is 0 Å². The summed E-state index contributed by atoms with van der Waals surface area (Å²) in [6, 6.07) is 7.65. The van der Waals surface area contributed by atoms with E-state index in [-0.39, 0.29) is 24.0 Å². The van der Waals surface area contributed by atoms with Crippen molar-refractivity contribution in [3.63, 3.8) is 0 Å². The number of rotatable bonds is 4. The van der Waals surface area contributed by atoms with Crippen LogP contribution in [-0.4, -0.2) is 30.6 Å². The Bertz CT molecular complexity index is 513. The van der Waals surface area contributed by atoms with E-state index in [2.05, 4.69) is 10.6 Å². The summed E-state index contributed by atoms with van der Waals surface area (Å²) in [6.07, 6.45) is 1.23. The average Bonchev–Trinajstić information content (AvgIpc) is 2.80. The maximum absolute atomic E-state index is 12.1. The van der Waals surface area contributed by atoms with Gasteiger partial charge in [-0.25, -0.2) is 4.79 Å². The fraction of sp³-hybridized carbons (Fsp3) is 0.500. The van der Waals surface area contributed by atoms with Crippen LogP contribution in [0.2, 0.25) is 0 Å². The quantitative estimate of drug-likeness (QED) is 0.892. The number of amides is 3. The topological polar surface area (TPSA) is 61.4 Å². The fourth-order valence-corrected chi connectivity index (χ4v) is 2.33. The molecule has 1 heterocycles. The van der Waals surface area contributed by atoms with Gasteiger partial charge in [0.1, 0.15) is 0 Å². The van der Waals surface area contributed by atoms with Gasteiger partial charge >= 0.3 is 6.03 Å². The van der Waals surface area contributed by atoms with Gasteiger partial charge in [0.05, 0.1) is 6.04 Å². The number of anilines is 1. The Morgan fingerprint density at radius 3 is 2.67 bits per heavy atom. The Kier molecular flexibility index (Phi) is 4.83. The van der Waals surface area contributed by atoms with Gasteiger partial charge < -0.3 is 15.5 Å². The second-order valence-electron chi connectivity index (χ2n) is 5.67. The lowest BCUT2D eigenvalue weighted by Crippen LogP contribution is -2.46. The zero-order chi connectivity index (χ0) is 15.4. The van der Waals surface area contributed by atoms with Crippen LogP contribution < -0.4 is 15.5 Å². The number of aryl methyl sites for hydroxylation is 1. The second-order valence-corrected chi connectivity index (χ2v) is 5.67. The molecule has 5 nitrogen and oxygen atoms in total. The third-order valence-corrected chi connectivity index (χ3v) is 3.80. The monoisotopic (exact) mass is 289 g/mol. The number of hydrogen-bond donors (Lipinski definition) is 2. The molecule has 0 bridgehead atoms. The molecule has 0 radical (unpaired) electrons. The summed E-state index contributed by atoms with van der Waals surface area (Å²) < 4.78 is 0. The zero-order valence-corrected chi connectivity index (χ0v) is 12.8. The lowest BCUT2D eigenvalue weighted by Gasteiger charge is -2.18. The number of carbonyl (C=O) groups is 2. The average molecular weight is 289 g/mol. The molecule has 114 valence electrons. The SMILES string of the molecule is CC[C@@H](C)NC(=O)N[C@H]1CC(=O)N(c2ccc(C)cc2)C1. The highest BCUT2D eigenvalue weighted by atomic mass is 16.2. The molecule has 0 aromatic heterocycles. The Labute approximate surface area is 125 Å². The van der Waals surface area contributed by atoms with Crippen LogP contribution >= 0.6 is 0 Å². The number of nitrogens with zero attached hydrogens (tertiary/aromatic N) is 1. The van der Waals surface area contributed by atoms with Crippen molar-refractivity contribution in [3.05, 3.63) is 29.8 Å². The van der Waals surface area contributed by atoms with Gasteiger partial charge in [-0.3, -0.25) is 4.79 Å². The highest BCUT2D eigenvalue weighted by molar-refractivity contribution is 5.96. The summed E-state index contributed by atoms with van der Waals surface area (Å²) in [6.45, 7) is 6.51. The van der Waals surface area contributed by atoms with E-state index < -0.39 is 0 Å². The lowest BCUT2D eigenvalue weighted by atomic mass is 10.2. The highest BCUT2D eigenvalue weighted by Gasteiger charge is 2.31. The van der Waals surface area contributed by atoms with E-state index in [1.165, 1.54) is 0 Å². The minimum Gasteiger partial charge on any atom is -0.336 e. The van der Waals surface area contributed by atoms with E-state index in [0.717, 1.165) is 17.7 Å². The third-order valence-electron chi connectivity index (χ3n) is 3.80. The minimum atomic E-state index is -0.201. The Balaban J connectivity index is 1.93. The summed E-state index contributed by atoms with van der Waals surface area (Å²) in [5.74, 6) is 0.0488. The molecule has 1 aromatic rings. The van der Waals surface area contributed by atoms with Crippen molar-refractivity contribution in [3.8, 4) is 0 Å². The summed E-state index contributed by atoms with van der Waals surface area (Å²) in [5, 5.41) is 5.73. The van der Waals surface area contributed by atoms with Crippen molar-refractivity contribution in [2.45, 2.75) is 45.7 Å². The molecule has 5 heteroatoms. The molecular weight excluding hydrogens is 266 g/mol. The Morgan fingerprint density at radius 2 is 2.05 bits per heavy atom. The minimum absolute atomic E-state index is 0.0488. The van der Waals surface area contributed by atoms with Gasteiger partial charge in [0.2, 0.25) is 5.91 Å². The van der Waals surface area contributed by atoms with E-state index in [1.54, 1.807) is 4.90 Å². The van der Waals surface area contributed by atoms with Gasteiger partial charge in [-0.05, 0) is 32.4 Å². The van der Waals surface area contributed by atoms with E-state index in [9.17, 15) is 9.59 Å². The molecule has 21 heavy (non-hydrogen) atoms. The summed E-state index contributed by atoms with van der Waals surface area (Å²) in [4.78, 5) is 25.6. The zero-order valence-electron chi connectivity index (χ0n) is 12.8. The molecule has 1 saturated heterocycles. The van der Waals surface area contributed by atoms with Crippen molar-refractivity contribution in [2.24, 2.45) is 0 Å². The summed E-state index contributed by atoms with van der Waals surface area (Å²) >= 11 is 0. The molecule has 2 rings (SSSR count). The summed E-state index contributed by atoms with van der Waals surface area (Å²) in [5.41, 5.74) is 2.05. The molecule has 0 unspecified atom stereocenters. The van der Waals surface area contributed by atoms with Gasteiger partial charge in [0.15, 0.2) is 0 Å². The van der Waals surface area contributed by atoms with Gasteiger partial charge in [0.25, 0.3) is 0 Å². The number of carbonyl (C=O) groups excluding carboxylic acids is 2. The summed E-state index contributed by atoms with van der Waals surface area (Å²) in [7, 11) is 0. The van der Waals surface area contributed by atoms with Crippen LogP contribution in [0.25, 0.3) is 0 Å². The molecule has 3 amide bonds. The van der Waals surface area contributed by atoms with Gasteiger partial charge in [-0.15, -0.1) is 0 Å².